The number of hydrogen-bond donors (Lipinski definition) is 1. The van der Waals surface area contributed by atoms with Crippen LogP contribution in [0, 0.1) is 11.8 Å². The van der Waals surface area contributed by atoms with E-state index in [-0.39, 0.29) is 29.6 Å². The average molecular weight is 460 g/mol. The molecule has 1 saturated carbocycles. The van der Waals surface area contributed by atoms with Gasteiger partial charge in [0.1, 0.15) is 0 Å². The molecule has 6 heteroatoms. The first-order chi connectivity index (χ1) is 16.6. The minimum absolute atomic E-state index is 0.00918. The summed E-state index contributed by atoms with van der Waals surface area (Å²) in [5, 5.41) is 3.10. The summed E-state index contributed by atoms with van der Waals surface area (Å²) in [6.07, 6.45) is 7.52. The van der Waals surface area contributed by atoms with Gasteiger partial charge in [0, 0.05) is 24.7 Å². The molecular weight excluding hydrogens is 426 g/mol. The summed E-state index contributed by atoms with van der Waals surface area (Å²) in [4.78, 5) is 42.7. The number of imide groups is 1. The lowest BCUT2D eigenvalue weighted by molar-refractivity contribution is -0.122. The van der Waals surface area contributed by atoms with E-state index in [1.807, 2.05) is 12.1 Å². The molecule has 5 rings (SSSR count). The van der Waals surface area contributed by atoms with Gasteiger partial charge in [0.15, 0.2) is 0 Å². The monoisotopic (exact) mass is 459 g/mol. The summed E-state index contributed by atoms with van der Waals surface area (Å²) in [7, 11) is 0. The Kier molecular flexibility index (Phi) is 6.77. The van der Waals surface area contributed by atoms with E-state index in [4.69, 9.17) is 0 Å². The lowest BCUT2D eigenvalue weighted by Gasteiger charge is -2.32. The maximum absolute atomic E-state index is 13.2. The van der Waals surface area contributed by atoms with Gasteiger partial charge >= 0.3 is 0 Å². The number of piperidine rings is 1. The van der Waals surface area contributed by atoms with Gasteiger partial charge in [-0.1, -0.05) is 43.5 Å². The van der Waals surface area contributed by atoms with Crippen LogP contribution >= 0.6 is 0 Å². The van der Waals surface area contributed by atoms with Crippen molar-refractivity contribution in [2.45, 2.75) is 51.5 Å². The number of carbonyl (C=O) groups is 3. The lowest BCUT2D eigenvalue weighted by Crippen LogP contribution is -2.41. The van der Waals surface area contributed by atoms with E-state index in [0.717, 1.165) is 51.0 Å². The zero-order chi connectivity index (χ0) is 23.5. The third kappa shape index (κ3) is 4.78. The maximum atomic E-state index is 13.2. The van der Waals surface area contributed by atoms with Crippen molar-refractivity contribution in [2.24, 2.45) is 11.8 Å². The van der Waals surface area contributed by atoms with Crippen LogP contribution in [-0.2, 0) is 11.3 Å². The lowest BCUT2D eigenvalue weighted by atomic mass is 9.78. The Balaban J connectivity index is 1.21. The first kappa shape index (κ1) is 22.8. The summed E-state index contributed by atoms with van der Waals surface area (Å²) < 4.78 is 0. The minimum Gasteiger partial charge on any atom is -0.326 e. The summed E-state index contributed by atoms with van der Waals surface area (Å²) >= 11 is 0. The molecule has 0 bridgehead atoms. The number of amides is 3. The molecule has 2 aromatic carbocycles. The van der Waals surface area contributed by atoms with Gasteiger partial charge in [-0.2, -0.15) is 0 Å². The van der Waals surface area contributed by atoms with E-state index < -0.39 is 0 Å². The maximum Gasteiger partial charge on any atom is 0.261 e. The van der Waals surface area contributed by atoms with Crippen LogP contribution in [0.15, 0.2) is 48.5 Å². The van der Waals surface area contributed by atoms with Crippen LogP contribution in [0.1, 0.15) is 71.2 Å². The van der Waals surface area contributed by atoms with Crippen molar-refractivity contribution in [3.05, 3.63) is 65.2 Å². The number of hydrogen-bond acceptors (Lipinski definition) is 4. The second-order valence-corrected chi connectivity index (χ2v) is 9.94. The SMILES string of the molecule is O=C(Nc1ccc(CN2CCCCC2)cc1)C1CCCCC1CN1C(=O)c2ccccc2C1=O. The molecule has 0 aromatic heterocycles. The zero-order valence-electron chi connectivity index (χ0n) is 19.7. The summed E-state index contributed by atoms with van der Waals surface area (Å²) in [6, 6.07) is 15.1. The van der Waals surface area contributed by atoms with Crippen LogP contribution in [0.2, 0.25) is 0 Å². The van der Waals surface area contributed by atoms with E-state index in [2.05, 4.69) is 22.3 Å². The molecule has 3 amide bonds. The molecule has 2 fully saturated rings. The van der Waals surface area contributed by atoms with Crippen molar-refractivity contribution in [1.82, 2.24) is 9.80 Å². The van der Waals surface area contributed by atoms with Crippen molar-refractivity contribution >= 4 is 23.4 Å². The summed E-state index contributed by atoms with van der Waals surface area (Å²) in [6.45, 7) is 3.59. The highest BCUT2D eigenvalue weighted by molar-refractivity contribution is 6.21. The van der Waals surface area contributed by atoms with E-state index in [1.165, 1.54) is 29.7 Å². The van der Waals surface area contributed by atoms with Crippen molar-refractivity contribution in [2.75, 3.05) is 25.0 Å². The van der Waals surface area contributed by atoms with E-state index in [9.17, 15) is 14.4 Å². The number of rotatable bonds is 6. The molecule has 34 heavy (non-hydrogen) atoms. The van der Waals surface area contributed by atoms with Crippen molar-refractivity contribution in [3.8, 4) is 0 Å². The van der Waals surface area contributed by atoms with Gasteiger partial charge in [0.2, 0.25) is 5.91 Å². The van der Waals surface area contributed by atoms with Crippen LogP contribution < -0.4 is 5.32 Å². The van der Waals surface area contributed by atoms with Crippen LogP contribution in [0.25, 0.3) is 0 Å². The Morgan fingerprint density at radius 1 is 0.824 bits per heavy atom. The third-order valence-corrected chi connectivity index (χ3v) is 7.62. The van der Waals surface area contributed by atoms with Crippen LogP contribution in [0.3, 0.4) is 0 Å². The predicted octanol–water partition coefficient (Wildman–Crippen LogP) is 4.71. The molecule has 178 valence electrons. The number of carbonyl (C=O) groups excluding carboxylic acids is 3. The van der Waals surface area contributed by atoms with Gasteiger partial charge in [0.25, 0.3) is 11.8 Å². The standard InChI is InChI=1S/C28H33N3O3/c32-26(29-22-14-12-20(13-15-22)18-30-16-6-1-7-17-30)23-9-3-2-8-21(23)19-31-27(33)24-10-4-5-11-25(24)28(31)34/h4-5,10-15,21,23H,1-3,6-9,16-19H2,(H,29,32). The van der Waals surface area contributed by atoms with Gasteiger partial charge in [-0.05, 0) is 74.5 Å². The number of benzene rings is 2. The van der Waals surface area contributed by atoms with Crippen LogP contribution in [0.4, 0.5) is 5.69 Å². The van der Waals surface area contributed by atoms with E-state index in [1.54, 1.807) is 24.3 Å². The first-order valence-corrected chi connectivity index (χ1v) is 12.7. The average Bonchev–Trinajstić information content (AvgIpc) is 3.11. The Morgan fingerprint density at radius 3 is 2.15 bits per heavy atom. The highest BCUT2D eigenvalue weighted by atomic mass is 16.2. The molecule has 0 radical (unpaired) electrons. The fourth-order valence-corrected chi connectivity index (χ4v) is 5.71. The third-order valence-electron chi connectivity index (χ3n) is 7.62. The Hall–Kier alpha value is -2.99. The molecule has 2 unspecified atom stereocenters. The van der Waals surface area contributed by atoms with Gasteiger partial charge < -0.3 is 5.32 Å². The number of nitrogens with zero attached hydrogens (tertiary/aromatic N) is 2. The van der Waals surface area contributed by atoms with Crippen molar-refractivity contribution in [1.29, 1.82) is 0 Å². The van der Waals surface area contributed by atoms with Crippen molar-refractivity contribution < 1.29 is 14.4 Å². The highest BCUT2D eigenvalue weighted by Crippen LogP contribution is 2.34. The predicted molar refractivity (Wildman–Crippen MR) is 131 cm³/mol. The molecule has 2 heterocycles. The summed E-state index contributed by atoms with van der Waals surface area (Å²) in [5.41, 5.74) is 3.00. The second kappa shape index (κ2) is 10.1. The van der Waals surface area contributed by atoms with Gasteiger partial charge in [-0.3, -0.25) is 24.2 Å². The van der Waals surface area contributed by atoms with Gasteiger partial charge in [0.05, 0.1) is 11.1 Å². The largest absolute Gasteiger partial charge is 0.326 e. The van der Waals surface area contributed by atoms with Gasteiger partial charge in [-0.25, -0.2) is 0 Å². The molecule has 3 aliphatic rings. The minimum atomic E-state index is -0.241. The van der Waals surface area contributed by atoms with Crippen molar-refractivity contribution in [3.63, 3.8) is 0 Å². The number of likely N-dealkylation sites (tertiary alicyclic amines) is 1. The smallest absolute Gasteiger partial charge is 0.261 e. The molecule has 6 nitrogen and oxygen atoms in total. The Morgan fingerprint density at radius 2 is 1.47 bits per heavy atom. The molecule has 0 spiro atoms. The second-order valence-electron chi connectivity index (χ2n) is 9.94. The van der Waals surface area contributed by atoms with Gasteiger partial charge in [-0.15, -0.1) is 0 Å². The summed E-state index contributed by atoms with van der Waals surface area (Å²) in [5.74, 6) is -0.713. The number of fused-ring (bicyclic) bond motifs is 1. The van der Waals surface area contributed by atoms with E-state index >= 15 is 0 Å². The number of anilines is 1. The zero-order valence-corrected chi connectivity index (χ0v) is 19.7. The Labute approximate surface area is 201 Å². The molecule has 1 N–H and O–H groups in total. The fraction of sp³-hybridized carbons (Fsp3) is 0.464. The van der Waals surface area contributed by atoms with E-state index in [0.29, 0.717) is 17.7 Å². The quantitative estimate of drug-likeness (QED) is 0.635. The molecule has 2 atom stereocenters. The highest BCUT2D eigenvalue weighted by Gasteiger charge is 2.40. The van der Waals surface area contributed by atoms with Crippen LogP contribution in [-0.4, -0.2) is 47.2 Å². The normalized spacial score (nSPS) is 23.1. The molecular formula is C28H33N3O3. The Bertz CT molecular complexity index is 1020. The molecule has 2 aliphatic heterocycles. The molecule has 2 aromatic rings. The van der Waals surface area contributed by atoms with Crippen LogP contribution in [0.5, 0.6) is 0 Å². The first-order valence-electron chi connectivity index (χ1n) is 12.7. The molecule has 1 aliphatic carbocycles. The molecule has 1 saturated heterocycles. The topological polar surface area (TPSA) is 69.7 Å². The fourth-order valence-electron chi connectivity index (χ4n) is 5.71. The number of nitrogens with one attached hydrogen (secondary N) is 1.